The van der Waals surface area contributed by atoms with Crippen LogP contribution in [0.25, 0.3) is 0 Å². The summed E-state index contributed by atoms with van der Waals surface area (Å²) in [5.41, 5.74) is 8.18. The lowest BCUT2D eigenvalue weighted by molar-refractivity contribution is -0.118. The number of primary amides is 1. The largest absolute Gasteiger partial charge is 0.370 e. The van der Waals surface area contributed by atoms with Crippen molar-refractivity contribution in [3.8, 4) is 0 Å². The monoisotopic (exact) mass is 274 g/mol. The van der Waals surface area contributed by atoms with Crippen LogP contribution in [0.1, 0.15) is 43.7 Å². The summed E-state index contributed by atoms with van der Waals surface area (Å²) >= 11 is 0. The van der Waals surface area contributed by atoms with Crippen LogP contribution in [0, 0.1) is 5.92 Å². The first-order chi connectivity index (χ1) is 9.65. The van der Waals surface area contributed by atoms with Crippen molar-refractivity contribution in [2.24, 2.45) is 11.7 Å². The Kier molecular flexibility index (Phi) is 5.60. The van der Waals surface area contributed by atoms with Gasteiger partial charge in [-0.25, -0.2) is 0 Å². The molecule has 2 N–H and O–H groups in total. The predicted octanol–water partition coefficient (Wildman–Crippen LogP) is 2.73. The summed E-state index contributed by atoms with van der Waals surface area (Å²) in [6.45, 7) is 5.64. The molecule has 0 bridgehead atoms. The standard InChI is InChI=1S/C17H26N2O/c1-14(8-9-17(18)20)5-4-11-19-12-10-15-6-2-3-7-16(15)13-19/h2-3,6-7,14H,4-5,8-13H2,1H3,(H2,18,20). The minimum Gasteiger partial charge on any atom is -0.370 e. The van der Waals surface area contributed by atoms with Crippen molar-refractivity contribution in [1.82, 2.24) is 4.90 Å². The fraction of sp³-hybridized carbons (Fsp3) is 0.588. The van der Waals surface area contributed by atoms with Crippen molar-refractivity contribution in [3.05, 3.63) is 35.4 Å². The van der Waals surface area contributed by atoms with Crippen LogP contribution in [0.5, 0.6) is 0 Å². The summed E-state index contributed by atoms with van der Waals surface area (Å²) in [5.74, 6) is 0.420. The maximum Gasteiger partial charge on any atom is 0.217 e. The summed E-state index contributed by atoms with van der Waals surface area (Å²) < 4.78 is 0. The van der Waals surface area contributed by atoms with Gasteiger partial charge >= 0.3 is 0 Å². The Morgan fingerprint density at radius 1 is 1.30 bits per heavy atom. The van der Waals surface area contributed by atoms with Crippen molar-refractivity contribution in [2.45, 2.75) is 45.6 Å². The van der Waals surface area contributed by atoms with Crippen LogP contribution in [-0.4, -0.2) is 23.9 Å². The lowest BCUT2D eigenvalue weighted by Gasteiger charge is -2.29. The number of hydrogen-bond donors (Lipinski definition) is 1. The highest BCUT2D eigenvalue weighted by Gasteiger charge is 2.15. The van der Waals surface area contributed by atoms with Crippen LogP contribution < -0.4 is 5.73 Å². The van der Waals surface area contributed by atoms with Crippen molar-refractivity contribution < 1.29 is 4.79 Å². The van der Waals surface area contributed by atoms with Crippen LogP contribution in [0.15, 0.2) is 24.3 Å². The van der Waals surface area contributed by atoms with Gasteiger partial charge in [-0.05, 0) is 49.3 Å². The third-order valence-electron chi connectivity index (χ3n) is 4.26. The molecule has 1 aromatic rings. The third-order valence-corrected chi connectivity index (χ3v) is 4.26. The van der Waals surface area contributed by atoms with E-state index >= 15 is 0 Å². The van der Waals surface area contributed by atoms with E-state index in [4.69, 9.17) is 5.73 Å². The fourth-order valence-electron chi connectivity index (χ4n) is 2.94. The molecule has 3 nitrogen and oxygen atoms in total. The molecule has 1 amide bonds. The average Bonchev–Trinajstić information content (AvgIpc) is 2.45. The summed E-state index contributed by atoms with van der Waals surface area (Å²) in [7, 11) is 0. The molecule has 110 valence electrons. The van der Waals surface area contributed by atoms with Gasteiger partial charge in [0.05, 0.1) is 0 Å². The van der Waals surface area contributed by atoms with Gasteiger partial charge in [-0.15, -0.1) is 0 Å². The zero-order chi connectivity index (χ0) is 14.4. The smallest absolute Gasteiger partial charge is 0.217 e. The van der Waals surface area contributed by atoms with E-state index in [2.05, 4.69) is 36.1 Å². The second-order valence-electron chi connectivity index (χ2n) is 6.05. The number of amides is 1. The van der Waals surface area contributed by atoms with Crippen molar-refractivity contribution in [2.75, 3.05) is 13.1 Å². The Morgan fingerprint density at radius 3 is 2.80 bits per heavy atom. The Hall–Kier alpha value is -1.35. The van der Waals surface area contributed by atoms with Crippen LogP contribution >= 0.6 is 0 Å². The zero-order valence-electron chi connectivity index (χ0n) is 12.5. The quantitative estimate of drug-likeness (QED) is 0.831. The van der Waals surface area contributed by atoms with Gasteiger partial charge < -0.3 is 5.73 Å². The van der Waals surface area contributed by atoms with Gasteiger partial charge in [-0.1, -0.05) is 31.2 Å². The first-order valence-corrected chi connectivity index (χ1v) is 7.72. The molecule has 3 heteroatoms. The normalized spacial score (nSPS) is 16.6. The number of nitrogens with two attached hydrogens (primary N) is 1. The summed E-state index contributed by atoms with van der Waals surface area (Å²) in [6.07, 6.45) is 5.03. The van der Waals surface area contributed by atoms with E-state index in [-0.39, 0.29) is 5.91 Å². The Morgan fingerprint density at radius 2 is 2.05 bits per heavy atom. The molecule has 20 heavy (non-hydrogen) atoms. The first kappa shape index (κ1) is 15.0. The van der Waals surface area contributed by atoms with Gasteiger partial charge in [0.15, 0.2) is 0 Å². The molecule has 1 aromatic carbocycles. The fourth-order valence-corrected chi connectivity index (χ4v) is 2.94. The first-order valence-electron chi connectivity index (χ1n) is 7.72. The number of carbonyl (C=O) groups excluding carboxylic acids is 1. The van der Waals surface area contributed by atoms with Crippen LogP contribution in [-0.2, 0) is 17.8 Å². The predicted molar refractivity (Wildman–Crippen MR) is 82.2 cm³/mol. The molecule has 2 rings (SSSR count). The van der Waals surface area contributed by atoms with E-state index in [0.717, 1.165) is 19.5 Å². The lowest BCUT2D eigenvalue weighted by atomic mass is 9.97. The molecule has 1 aliphatic heterocycles. The molecule has 0 spiro atoms. The van der Waals surface area contributed by atoms with E-state index < -0.39 is 0 Å². The molecule has 1 atom stereocenters. The summed E-state index contributed by atoms with van der Waals surface area (Å²) in [5, 5.41) is 0. The number of fused-ring (bicyclic) bond motifs is 1. The number of carbonyl (C=O) groups is 1. The van der Waals surface area contributed by atoms with Gasteiger partial charge in [0.2, 0.25) is 5.91 Å². The summed E-state index contributed by atoms with van der Waals surface area (Å²) in [6, 6.07) is 8.76. The maximum atomic E-state index is 10.8. The molecule has 0 saturated carbocycles. The number of rotatable bonds is 7. The van der Waals surface area contributed by atoms with Crippen LogP contribution in [0.3, 0.4) is 0 Å². The zero-order valence-corrected chi connectivity index (χ0v) is 12.5. The number of hydrogen-bond acceptors (Lipinski definition) is 2. The van der Waals surface area contributed by atoms with E-state index in [1.165, 1.54) is 36.9 Å². The van der Waals surface area contributed by atoms with Gasteiger partial charge in [0.1, 0.15) is 0 Å². The van der Waals surface area contributed by atoms with Crippen molar-refractivity contribution in [1.29, 1.82) is 0 Å². The molecule has 0 fully saturated rings. The highest BCUT2D eigenvalue weighted by atomic mass is 16.1. The molecular weight excluding hydrogens is 248 g/mol. The Labute approximate surface area is 122 Å². The number of nitrogens with zero attached hydrogens (tertiary/aromatic N) is 1. The van der Waals surface area contributed by atoms with E-state index in [1.807, 2.05) is 0 Å². The second-order valence-corrected chi connectivity index (χ2v) is 6.05. The topological polar surface area (TPSA) is 46.3 Å². The molecule has 0 aromatic heterocycles. The summed E-state index contributed by atoms with van der Waals surface area (Å²) in [4.78, 5) is 13.3. The van der Waals surface area contributed by atoms with Crippen molar-refractivity contribution >= 4 is 5.91 Å². The third kappa shape index (κ3) is 4.64. The van der Waals surface area contributed by atoms with Gasteiger partial charge in [0, 0.05) is 19.5 Å². The van der Waals surface area contributed by atoms with Crippen LogP contribution in [0.4, 0.5) is 0 Å². The minimum atomic E-state index is -0.176. The number of benzene rings is 1. The van der Waals surface area contributed by atoms with E-state index in [0.29, 0.717) is 12.3 Å². The molecule has 0 radical (unpaired) electrons. The molecule has 1 heterocycles. The van der Waals surface area contributed by atoms with E-state index in [9.17, 15) is 4.79 Å². The van der Waals surface area contributed by atoms with E-state index in [1.54, 1.807) is 0 Å². The van der Waals surface area contributed by atoms with Gasteiger partial charge in [-0.2, -0.15) is 0 Å². The minimum absolute atomic E-state index is 0.176. The molecular formula is C17H26N2O. The SMILES string of the molecule is CC(CCCN1CCc2ccccc2C1)CCC(N)=O. The molecule has 0 saturated heterocycles. The Bertz CT molecular complexity index is 444. The molecule has 0 aliphatic carbocycles. The van der Waals surface area contributed by atoms with Crippen molar-refractivity contribution in [3.63, 3.8) is 0 Å². The average molecular weight is 274 g/mol. The molecule has 1 unspecified atom stereocenters. The maximum absolute atomic E-state index is 10.8. The Balaban J connectivity index is 1.67. The van der Waals surface area contributed by atoms with Crippen LogP contribution in [0.2, 0.25) is 0 Å². The highest BCUT2D eigenvalue weighted by Crippen LogP contribution is 2.19. The lowest BCUT2D eigenvalue weighted by Crippen LogP contribution is -2.31. The highest BCUT2D eigenvalue weighted by molar-refractivity contribution is 5.73. The van der Waals surface area contributed by atoms with Gasteiger partial charge in [-0.3, -0.25) is 9.69 Å². The second kappa shape index (κ2) is 7.44. The van der Waals surface area contributed by atoms with Gasteiger partial charge in [0.25, 0.3) is 0 Å². The molecule has 1 aliphatic rings.